The third kappa shape index (κ3) is 8.29. The van der Waals surface area contributed by atoms with E-state index in [1.54, 1.807) is 6.07 Å². The lowest BCUT2D eigenvalue weighted by atomic mass is 10.1. The summed E-state index contributed by atoms with van der Waals surface area (Å²) in [5, 5.41) is 26.2. The van der Waals surface area contributed by atoms with Crippen molar-refractivity contribution in [1.29, 1.82) is 0 Å². The number of hydrogen-bond donors (Lipinski definition) is 2. The molecule has 34 heavy (non-hydrogen) atoms. The van der Waals surface area contributed by atoms with Crippen LogP contribution in [0.5, 0.6) is 5.75 Å². The van der Waals surface area contributed by atoms with E-state index in [0.29, 0.717) is 5.69 Å². The highest BCUT2D eigenvalue weighted by Crippen LogP contribution is 2.39. The molecule has 7 nitrogen and oxygen atoms in total. The second-order valence-corrected chi connectivity index (χ2v) is 7.14. The van der Waals surface area contributed by atoms with E-state index in [-0.39, 0.29) is 5.75 Å². The smallest absolute Gasteiger partial charge is 0.425 e. The fourth-order valence-electron chi connectivity index (χ4n) is 2.99. The summed E-state index contributed by atoms with van der Waals surface area (Å²) in [5.41, 5.74) is 2.06. The first-order chi connectivity index (χ1) is 16.4. The van der Waals surface area contributed by atoms with Crippen molar-refractivity contribution in [1.82, 2.24) is 0 Å². The van der Waals surface area contributed by atoms with Crippen molar-refractivity contribution in [2.45, 2.75) is 34.1 Å². The molecule has 0 aliphatic heterocycles. The largest absolute Gasteiger partial charge is 0.505 e. The molecule has 0 aromatic heterocycles. The summed E-state index contributed by atoms with van der Waals surface area (Å²) in [6.07, 6.45) is 1.25. The zero-order valence-electron chi connectivity index (χ0n) is 20.1. The fraction of sp³-hybridized carbons (Fsp3) is 0.231. The average molecular weight is 482 g/mol. The topological polar surface area (TPSA) is 108 Å². The van der Waals surface area contributed by atoms with Gasteiger partial charge in [0.15, 0.2) is 5.75 Å². The zero-order chi connectivity index (χ0) is 25.5. The molecule has 0 aliphatic rings. The molecule has 0 bridgehead atoms. The lowest BCUT2D eigenvalue weighted by Gasteiger charge is -2.09. The van der Waals surface area contributed by atoms with Crippen molar-refractivity contribution in [3.63, 3.8) is 0 Å². The van der Waals surface area contributed by atoms with Gasteiger partial charge in [0.25, 0.3) is 0 Å². The molecule has 4 rings (SSSR count). The Morgan fingerprint density at radius 2 is 1.35 bits per heavy atom. The van der Waals surface area contributed by atoms with Crippen molar-refractivity contribution in [3.8, 4) is 5.75 Å². The summed E-state index contributed by atoms with van der Waals surface area (Å²) < 4.78 is 25.3. The van der Waals surface area contributed by atoms with E-state index in [1.165, 1.54) is 6.42 Å². The van der Waals surface area contributed by atoms with Crippen LogP contribution in [0.3, 0.4) is 0 Å². The highest BCUT2D eigenvalue weighted by molar-refractivity contribution is 7.59. The van der Waals surface area contributed by atoms with Crippen LogP contribution in [-0.2, 0) is 10.6 Å². The van der Waals surface area contributed by atoms with E-state index >= 15 is 0 Å². The van der Waals surface area contributed by atoms with E-state index in [0.717, 1.165) is 32.9 Å². The number of phenols is 1. The second-order valence-electron chi connectivity index (χ2n) is 6.73. The Morgan fingerprint density at radius 1 is 0.794 bits per heavy atom. The number of hydrogen-bond acceptors (Lipinski definition) is 7. The van der Waals surface area contributed by atoms with Gasteiger partial charge in [0.2, 0.25) is 0 Å². The normalized spacial score (nSPS) is 9.79. The highest BCUT2D eigenvalue weighted by atomic mass is 32.2. The van der Waals surface area contributed by atoms with Gasteiger partial charge >= 0.3 is 10.6 Å². The van der Waals surface area contributed by atoms with Gasteiger partial charge in [-0.1, -0.05) is 82.6 Å². The molecule has 0 heterocycles. The van der Waals surface area contributed by atoms with Crippen LogP contribution < -0.4 is 5.32 Å². The maximum absolute atomic E-state index is 10.6. The number of aromatic hydroxyl groups is 1. The van der Waals surface area contributed by atoms with Gasteiger partial charge in [-0.3, -0.25) is 0 Å². The minimum atomic E-state index is -3.11. The Balaban J connectivity index is 0.000000562. The van der Waals surface area contributed by atoms with Crippen molar-refractivity contribution < 1.29 is 17.7 Å². The lowest BCUT2D eigenvalue weighted by molar-refractivity contribution is 0.483. The molecule has 8 heteroatoms. The SMILES string of the molecule is CC.CCC.CNc1cccc2ccc(N=Nc3ccc4ccccc4c3)c(O)c12.O=S(=O)=O. The van der Waals surface area contributed by atoms with Gasteiger partial charge in [0.05, 0.1) is 5.69 Å². The van der Waals surface area contributed by atoms with E-state index in [4.69, 9.17) is 12.6 Å². The number of nitrogens with zero attached hydrogens (tertiary/aromatic N) is 2. The molecule has 0 spiro atoms. The molecule has 180 valence electrons. The van der Waals surface area contributed by atoms with E-state index in [9.17, 15) is 5.11 Å². The second kappa shape index (κ2) is 15.1. The predicted molar refractivity (Wildman–Crippen MR) is 140 cm³/mol. The Labute approximate surface area is 202 Å². The summed E-state index contributed by atoms with van der Waals surface area (Å²) in [7, 11) is -1.28. The average Bonchev–Trinajstić information content (AvgIpc) is 2.84. The van der Waals surface area contributed by atoms with Crippen LogP contribution in [0.1, 0.15) is 34.1 Å². The van der Waals surface area contributed by atoms with E-state index < -0.39 is 10.6 Å². The predicted octanol–water partition coefficient (Wildman–Crippen LogP) is 7.59. The summed E-state index contributed by atoms with van der Waals surface area (Å²) in [5.74, 6) is 0.131. The molecule has 4 aromatic rings. The number of rotatable bonds is 3. The van der Waals surface area contributed by atoms with Crippen LogP contribution in [0, 0.1) is 0 Å². The minimum absolute atomic E-state index is 0.131. The monoisotopic (exact) mass is 481 g/mol. The van der Waals surface area contributed by atoms with Crippen molar-refractivity contribution >= 4 is 49.2 Å². The third-order valence-corrected chi connectivity index (χ3v) is 4.27. The minimum Gasteiger partial charge on any atom is -0.505 e. The number of phenolic OH excluding ortho intramolecular Hbond substituents is 1. The first kappa shape index (κ1) is 28.3. The fourth-order valence-corrected chi connectivity index (χ4v) is 2.99. The molecule has 0 amide bonds. The first-order valence-electron chi connectivity index (χ1n) is 11.0. The number of anilines is 1. The maximum atomic E-state index is 10.6. The number of azo groups is 1. The summed E-state index contributed by atoms with van der Waals surface area (Å²) in [6.45, 7) is 8.25. The van der Waals surface area contributed by atoms with Crippen LogP contribution >= 0.6 is 0 Å². The maximum Gasteiger partial charge on any atom is 0.425 e. The molecule has 0 unspecified atom stereocenters. The summed E-state index contributed by atoms with van der Waals surface area (Å²) >= 11 is 0. The molecular formula is C26H31N3O4S. The van der Waals surface area contributed by atoms with Crippen LogP contribution in [-0.4, -0.2) is 24.8 Å². The van der Waals surface area contributed by atoms with Crippen molar-refractivity contribution in [2.24, 2.45) is 10.2 Å². The lowest BCUT2D eigenvalue weighted by Crippen LogP contribution is -1.89. The van der Waals surface area contributed by atoms with Crippen molar-refractivity contribution in [2.75, 3.05) is 12.4 Å². The summed E-state index contributed by atoms with van der Waals surface area (Å²) in [4.78, 5) is 0. The Hall–Kier alpha value is -3.78. The third-order valence-electron chi connectivity index (χ3n) is 4.27. The molecule has 0 atom stereocenters. The van der Waals surface area contributed by atoms with Crippen LogP contribution in [0.2, 0.25) is 0 Å². The molecule has 0 aliphatic carbocycles. The summed E-state index contributed by atoms with van der Waals surface area (Å²) in [6, 6.07) is 23.6. The van der Waals surface area contributed by atoms with Gasteiger partial charge in [0, 0.05) is 18.1 Å². The van der Waals surface area contributed by atoms with E-state index in [2.05, 4.69) is 35.5 Å². The van der Waals surface area contributed by atoms with Gasteiger partial charge in [0.1, 0.15) is 5.69 Å². The van der Waals surface area contributed by atoms with Crippen LogP contribution in [0.15, 0.2) is 83.0 Å². The number of nitrogens with one attached hydrogen (secondary N) is 1. The first-order valence-corrected chi connectivity index (χ1v) is 12.0. The Morgan fingerprint density at radius 3 is 1.97 bits per heavy atom. The van der Waals surface area contributed by atoms with Crippen LogP contribution in [0.25, 0.3) is 21.5 Å². The number of fused-ring (bicyclic) bond motifs is 2. The molecule has 4 aromatic carbocycles. The molecule has 0 saturated heterocycles. The zero-order valence-corrected chi connectivity index (χ0v) is 20.9. The van der Waals surface area contributed by atoms with Gasteiger partial charge in [-0.2, -0.15) is 5.11 Å². The van der Waals surface area contributed by atoms with E-state index in [1.807, 2.05) is 81.6 Å². The number of benzene rings is 4. The highest BCUT2D eigenvalue weighted by Gasteiger charge is 2.09. The van der Waals surface area contributed by atoms with Crippen LogP contribution in [0.4, 0.5) is 17.1 Å². The molecular weight excluding hydrogens is 450 g/mol. The quantitative estimate of drug-likeness (QED) is 0.293. The molecule has 0 radical (unpaired) electrons. The Bertz CT molecular complexity index is 1330. The van der Waals surface area contributed by atoms with Crippen molar-refractivity contribution in [3.05, 3.63) is 72.8 Å². The van der Waals surface area contributed by atoms with Gasteiger partial charge in [-0.15, -0.1) is 17.7 Å². The Kier molecular flexibility index (Phi) is 12.6. The standard InChI is InChI=1S/C21H17N3O.C3H8.C2H6.O3S/c1-22-18-8-4-7-15-10-12-19(21(25)20(15)18)24-23-17-11-9-14-5-2-3-6-16(14)13-17;1-3-2;1-2;1-4(2)3/h2-13,22,25H,1H3;3H2,1-2H3;1-2H3;. The van der Waals surface area contributed by atoms with Gasteiger partial charge in [-0.25, -0.2) is 0 Å². The van der Waals surface area contributed by atoms with Gasteiger partial charge < -0.3 is 10.4 Å². The van der Waals surface area contributed by atoms with Gasteiger partial charge in [-0.05, 0) is 40.4 Å². The molecule has 0 fully saturated rings. The molecule has 2 N–H and O–H groups in total. The molecule has 0 saturated carbocycles.